The van der Waals surface area contributed by atoms with E-state index in [1.54, 1.807) is 18.4 Å². The molecule has 1 aliphatic rings. The summed E-state index contributed by atoms with van der Waals surface area (Å²) in [7, 11) is 3.59. The predicted octanol–water partition coefficient (Wildman–Crippen LogP) is 2.40. The van der Waals surface area contributed by atoms with Gasteiger partial charge in [-0.1, -0.05) is 12.8 Å². The van der Waals surface area contributed by atoms with Gasteiger partial charge in [0, 0.05) is 44.7 Å². The van der Waals surface area contributed by atoms with Crippen LogP contribution in [0.3, 0.4) is 0 Å². The molecule has 1 fully saturated rings. The van der Waals surface area contributed by atoms with E-state index in [-0.39, 0.29) is 0 Å². The van der Waals surface area contributed by atoms with Crippen LogP contribution in [0, 0.1) is 0 Å². The highest BCUT2D eigenvalue weighted by atomic mass is 32.1. The van der Waals surface area contributed by atoms with E-state index in [0.29, 0.717) is 12.0 Å². The molecule has 0 unspecified atom stereocenters. The van der Waals surface area contributed by atoms with Crippen LogP contribution < -0.4 is 14.5 Å². The van der Waals surface area contributed by atoms with Crippen LogP contribution in [-0.2, 0) is 6.42 Å². The molecule has 3 rings (SSSR count). The Morgan fingerprint density at radius 3 is 2.62 bits per heavy atom. The lowest BCUT2D eigenvalue weighted by molar-refractivity contribution is 0.378. The zero-order valence-corrected chi connectivity index (χ0v) is 15.1. The van der Waals surface area contributed by atoms with Crippen LogP contribution in [0.4, 0.5) is 11.9 Å². The van der Waals surface area contributed by atoms with E-state index in [9.17, 15) is 0 Å². The molecule has 0 aromatic carbocycles. The van der Waals surface area contributed by atoms with Crippen molar-refractivity contribution < 1.29 is 4.74 Å². The van der Waals surface area contributed by atoms with Crippen molar-refractivity contribution in [1.29, 1.82) is 0 Å². The smallest absolute Gasteiger partial charge is 0.322 e. The summed E-state index contributed by atoms with van der Waals surface area (Å²) in [6, 6.07) is 0.375. The topological polar surface area (TPSA) is 67.3 Å². The SMILES string of the molecule is COc1nc(N(C)CCc2nccs2)nc(N2CCCCCC2)n1. The van der Waals surface area contributed by atoms with Crippen LogP contribution in [0.1, 0.15) is 30.7 Å². The number of rotatable bonds is 6. The van der Waals surface area contributed by atoms with Crippen LogP contribution in [0.25, 0.3) is 0 Å². The summed E-state index contributed by atoms with van der Waals surface area (Å²) in [5, 5.41) is 3.12. The minimum Gasteiger partial charge on any atom is -0.467 e. The fraction of sp³-hybridized carbons (Fsp3) is 0.625. The van der Waals surface area contributed by atoms with Gasteiger partial charge in [-0.3, -0.25) is 0 Å². The monoisotopic (exact) mass is 348 g/mol. The molecule has 0 amide bonds. The number of nitrogens with zero attached hydrogens (tertiary/aromatic N) is 6. The second kappa shape index (κ2) is 8.23. The quantitative estimate of drug-likeness (QED) is 0.794. The Labute approximate surface area is 146 Å². The molecule has 0 bridgehead atoms. The number of likely N-dealkylation sites (N-methyl/N-ethyl adjacent to an activating group) is 1. The van der Waals surface area contributed by atoms with Gasteiger partial charge in [0.25, 0.3) is 0 Å². The molecule has 7 nitrogen and oxygen atoms in total. The maximum absolute atomic E-state index is 5.29. The Hall–Kier alpha value is -1.96. The highest BCUT2D eigenvalue weighted by Crippen LogP contribution is 2.20. The first-order valence-corrected chi connectivity index (χ1v) is 9.29. The molecule has 2 aromatic heterocycles. The summed E-state index contributed by atoms with van der Waals surface area (Å²) >= 11 is 1.67. The predicted molar refractivity (Wildman–Crippen MR) is 96.1 cm³/mol. The molecule has 3 heterocycles. The fourth-order valence-corrected chi connectivity index (χ4v) is 3.36. The summed E-state index contributed by atoms with van der Waals surface area (Å²) in [5.41, 5.74) is 0. The average Bonchev–Trinajstić information content (AvgIpc) is 2.99. The molecule has 0 radical (unpaired) electrons. The number of aromatic nitrogens is 4. The van der Waals surface area contributed by atoms with E-state index in [1.165, 1.54) is 25.7 Å². The normalized spacial score (nSPS) is 15.2. The van der Waals surface area contributed by atoms with Gasteiger partial charge in [0.05, 0.1) is 12.1 Å². The number of methoxy groups -OCH3 is 1. The summed E-state index contributed by atoms with van der Waals surface area (Å²) in [6.45, 7) is 2.80. The van der Waals surface area contributed by atoms with Crippen molar-refractivity contribution in [3.05, 3.63) is 16.6 Å². The van der Waals surface area contributed by atoms with Crippen LogP contribution >= 0.6 is 11.3 Å². The third-order valence-electron chi connectivity index (χ3n) is 4.15. The first-order chi connectivity index (χ1) is 11.8. The van der Waals surface area contributed by atoms with Crippen molar-refractivity contribution >= 4 is 23.2 Å². The van der Waals surface area contributed by atoms with Crippen molar-refractivity contribution in [2.75, 3.05) is 43.6 Å². The summed E-state index contributed by atoms with van der Waals surface area (Å²) in [4.78, 5) is 22.1. The maximum atomic E-state index is 5.29. The Balaban J connectivity index is 1.74. The molecule has 0 spiro atoms. The summed E-state index contributed by atoms with van der Waals surface area (Å²) in [6.07, 6.45) is 7.63. The Bertz CT molecular complexity index is 628. The van der Waals surface area contributed by atoms with E-state index < -0.39 is 0 Å². The Kier molecular flexibility index (Phi) is 5.79. The second-order valence-corrected chi connectivity index (χ2v) is 6.90. The molecule has 0 aliphatic carbocycles. The lowest BCUT2D eigenvalue weighted by Crippen LogP contribution is -2.29. The van der Waals surface area contributed by atoms with Gasteiger partial charge in [-0.15, -0.1) is 11.3 Å². The number of hydrogen-bond donors (Lipinski definition) is 0. The largest absolute Gasteiger partial charge is 0.467 e. The van der Waals surface area contributed by atoms with E-state index >= 15 is 0 Å². The van der Waals surface area contributed by atoms with E-state index in [2.05, 4.69) is 24.8 Å². The molecule has 24 heavy (non-hydrogen) atoms. The molecule has 1 aliphatic heterocycles. The third-order valence-corrected chi connectivity index (χ3v) is 4.99. The highest BCUT2D eigenvalue weighted by Gasteiger charge is 2.17. The van der Waals surface area contributed by atoms with Crippen molar-refractivity contribution in [1.82, 2.24) is 19.9 Å². The Morgan fingerprint density at radius 2 is 1.96 bits per heavy atom. The molecule has 0 saturated carbocycles. The van der Waals surface area contributed by atoms with Gasteiger partial charge < -0.3 is 14.5 Å². The van der Waals surface area contributed by atoms with E-state index in [4.69, 9.17) is 4.74 Å². The minimum absolute atomic E-state index is 0.375. The van der Waals surface area contributed by atoms with Gasteiger partial charge in [0.1, 0.15) is 0 Å². The van der Waals surface area contributed by atoms with Gasteiger partial charge >= 0.3 is 6.01 Å². The van der Waals surface area contributed by atoms with Crippen molar-refractivity contribution in [2.24, 2.45) is 0 Å². The fourth-order valence-electron chi connectivity index (χ4n) is 2.75. The molecule has 130 valence electrons. The molecule has 0 N–H and O–H groups in total. The zero-order chi connectivity index (χ0) is 16.8. The number of ether oxygens (including phenoxy) is 1. The third kappa shape index (κ3) is 4.31. The van der Waals surface area contributed by atoms with Crippen molar-refractivity contribution in [2.45, 2.75) is 32.1 Å². The number of hydrogen-bond acceptors (Lipinski definition) is 8. The van der Waals surface area contributed by atoms with E-state index in [1.807, 2.05) is 23.5 Å². The number of anilines is 2. The lowest BCUT2D eigenvalue weighted by Gasteiger charge is -2.23. The average molecular weight is 348 g/mol. The van der Waals surface area contributed by atoms with Gasteiger partial charge in [-0.25, -0.2) is 4.98 Å². The summed E-state index contributed by atoms with van der Waals surface area (Å²) in [5.74, 6) is 1.37. The van der Waals surface area contributed by atoms with E-state index in [0.717, 1.165) is 37.0 Å². The molecular weight excluding hydrogens is 324 g/mol. The molecule has 8 heteroatoms. The van der Waals surface area contributed by atoms with Gasteiger partial charge in [-0.2, -0.15) is 15.0 Å². The first kappa shape index (κ1) is 16.9. The second-order valence-electron chi connectivity index (χ2n) is 5.92. The molecule has 1 saturated heterocycles. The molecular formula is C16H24N6OS. The van der Waals surface area contributed by atoms with Crippen molar-refractivity contribution in [3.63, 3.8) is 0 Å². The lowest BCUT2D eigenvalue weighted by atomic mass is 10.2. The first-order valence-electron chi connectivity index (χ1n) is 8.41. The standard InChI is InChI=1S/C16H24N6OS/c1-21(11-7-13-17-8-12-24-13)14-18-15(20-16(19-14)23-2)22-9-5-3-4-6-10-22/h8,12H,3-7,9-11H2,1-2H3. The maximum Gasteiger partial charge on any atom is 0.322 e. The van der Waals surface area contributed by atoms with Gasteiger partial charge in [0.15, 0.2) is 0 Å². The highest BCUT2D eigenvalue weighted by molar-refractivity contribution is 7.09. The summed E-state index contributed by atoms with van der Waals surface area (Å²) < 4.78 is 5.29. The molecule has 0 atom stereocenters. The van der Waals surface area contributed by atoms with Gasteiger partial charge in [0.2, 0.25) is 11.9 Å². The van der Waals surface area contributed by atoms with Crippen LogP contribution in [-0.4, -0.2) is 53.7 Å². The molecule has 2 aromatic rings. The van der Waals surface area contributed by atoms with Gasteiger partial charge in [-0.05, 0) is 12.8 Å². The van der Waals surface area contributed by atoms with Crippen LogP contribution in [0.5, 0.6) is 6.01 Å². The van der Waals surface area contributed by atoms with Crippen molar-refractivity contribution in [3.8, 4) is 6.01 Å². The van der Waals surface area contributed by atoms with Crippen LogP contribution in [0.2, 0.25) is 0 Å². The zero-order valence-electron chi connectivity index (χ0n) is 14.3. The Morgan fingerprint density at radius 1 is 1.17 bits per heavy atom. The number of thiazole rings is 1. The van der Waals surface area contributed by atoms with Crippen LogP contribution in [0.15, 0.2) is 11.6 Å². The minimum atomic E-state index is 0.375.